The van der Waals surface area contributed by atoms with Gasteiger partial charge in [0.05, 0.1) is 6.10 Å². The van der Waals surface area contributed by atoms with Crippen LogP contribution in [-0.4, -0.2) is 17.7 Å². The van der Waals surface area contributed by atoms with Crippen molar-refractivity contribution in [2.45, 2.75) is 38.8 Å². The minimum Gasteiger partial charge on any atom is -0.387 e. The summed E-state index contributed by atoms with van der Waals surface area (Å²) in [6.07, 6.45) is 1.90. The van der Waals surface area contributed by atoms with E-state index < -0.39 is 0 Å². The van der Waals surface area contributed by atoms with E-state index in [1.807, 2.05) is 0 Å². The summed E-state index contributed by atoms with van der Waals surface area (Å²) >= 11 is 0. The van der Waals surface area contributed by atoms with Crippen molar-refractivity contribution < 1.29 is 5.11 Å². The zero-order valence-electron chi connectivity index (χ0n) is 9.46. The molecular formula is C13H19NO. The van der Waals surface area contributed by atoms with Crippen LogP contribution in [0.3, 0.4) is 0 Å². The number of hydrogen-bond acceptors (Lipinski definition) is 2. The molecule has 1 heterocycles. The van der Waals surface area contributed by atoms with Crippen LogP contribution >= 0.6 is 0 Å². The highest BCUT2D eigenvalue weighted by molar-refractivity contribution is 5.30. The fraction of sp³-hybridized carbons (Fsp3) is 0.538. The highest BCUT2D eigenvalue weighted by atomic mass is 16.3. The molecule has 0 spiro atoms. The van der Waals surface area contributed by atoms with Crippen LogP contribution in [0.1, 0.15) is 35.6 Å². The molecule has 82 valence electrons. The molecule has 1 unspecified atom stereocenters. The second-order valence-electron chi connectivity index (χ2n) is 4.57. The molecule has 0 radical (unpaired) electrons. The summed E-state index contributed by atoms with van der Waals surface area (Å²) in [5, 5.41) is 13.6. The lowest BCUT2D eigenvalue weighted by atomic mass is 9.97. The smallest absolute Gasteiger partial charge is 0.0943 e. The molecule has 1 aliphatic rings. The molecule has 2 heteroatoms. The lowest BCUT2D eigenvalue weighted by molar-refractivity contribution is 0.137. The molecule has 0 bridgehead atoms. The summed E-state index contributed by atoms with van der Waals surface area (Å²) < 4.78 is 0. The maximum Gasteiger partial charge on any atom is 0.0943 e. The molecule has 0 aromatic heterocycles. The summed E-state index contributed by atoms with van der Waals surface area (Å²) in [5.74, 6) is 0. The first-order valence-electron chi connectivity index (χ1n) is 5.66. The third-order valence-corrected chi connectivity index (χ3v) is 3.07. The minimum absolute atomic E-state index is 0.242. The van der Waals surface area contributed by atoms with Gasteiger partial charge in [0, 0.05) is 6.04 Å². The van der Waals surface area contributed by atoms with E-state index in [1.165, 1.54) is 17.5 Å². The van der Waals surface area contributed by atoms with E-state index in [0.717, 1.165) is 18.5 Å². The molecule has 0 saturated carbocycles. The SMILES string of the molecule is Cc1cc(C)cc(C(O)[C@@H]2CCCN2)c1. The predicted octanol–water partition coefficient (Wildman–Crippen LogP) is 2.09. The maximum atomic E-state index is 10.2. The third kappa shape index (κ3) is 2.39. The van der Waals surface area contributed by atoms with Gasteiger partial charge in [0.15, 0.2) is 0 Å². The van der Waals surface area contributed by atoms with Gasteiger partial charge in [0.2, 0.25) is 0 Å². The van der Waals surface area contributed by atoms with Gasteiger partial charge in [-0.1, -0.05) is 29.3 Å². The summed E-state index contributed by atoms with van der Waals surface area (Å²) in [4.78, 5) is 0. The summed E-state index contributed by atoms with van der Waals surface area (Å²) in [5.41, 5.74) is 3.50. The van der Waals surface area contributed by atoms with Crippen LogP contribution in [0.25, 0.3) is 0 Å². The van der Waals surface area contributed by atoms with Crippen molar-refractivity contribution in [2.75, 3.05) is 6.54 Å². The Kier molecular flexibility index (Phi) is 3.08. The molecule has 2 nitrogen and oxygen atoms in total. The lowest BCUT2D eigenvalue weighted by Crippen LogP contribution is -2.28. The molecular weight excluding hydrogens is 186 g/mol. The zero-order chi connectivity index (χ0) is 10.8. The highest BCUT2D eigenvalue weighted by Crippen LogP contribution is 2.24. The largest absolute Gasteiger partial charge is 0.387 e. The number of hydrogen-bond donors (Lipinski definition) is 2. The van der Waals surface area contributed by atoms with Gasteiger partial charge in [-0.25, -0.2) is 0 Å². The summed E-state index contributed by atoms with van der Waals surface area (Å²) in [6.45, 7) is 5.18. The van der Waals surface area contributed by atoms with Gasteiger partial charge >= 0.3 is 0 Å². The molecule has 1 aromatic rings. The first kappa shape index (κ1) is 10.7. The average molecular weight is 205 g/mol. The zero-order valence-corrected chi connectivity index (χ0v) is 9.46. The van der Waals surface area contributed by atoms with E-state index >= 15 is 0 Å². The van der Waals surface area contributed by atoms with Crippen LogP contribution < -0.4 is 5.32 Å². The number of rotatable bonds is 2. The van der Waals surface area contributed by atoms with Crippen molar-refractivity contribution in [3.8, 4) is 0 Å². The van der Waals surface area contributed by atoms with Crippen molar-refractivity contribution in [1.29, 1.82) is 0 Å². The number of aliphatic hydroxyl groups excluding tert-OH is 1. The Balaban J connectivity index is 2.20. The molecule has 1 aliphatic heterocycles. The molecule has 2 N–H and O–H groups in total. The van der Waals surface area contributed by atoms with Crippen molar-refractivity contribution in [1.82, 2.24) is 5.32 Å². The van der Waals surface area contributed by atoms with Gasteiger partial charge in [0.25, 0.3) is 0 Å². The quantitative estimate of drug-likeness (QED) is 0.775. The third-order valence-electron chi connectivity index (χ3n) is 3.07. The first-order valence-corrected chi connectivity index (χ1v) is 5.66. The first-order chi connectivity index (χ1) is 7.16. The van der Waals surface area contributed by atoms with E-state index in [1.54, 1.807) is 0 Å². The molecule has 1 fully saturated rings. The highest BCUT2D eigenvalue weighted by Gasteiger charge is 2.23. The Morgan fingerprint density at radius 1 is 1.27 bits per heavy atom. The monoisotopic (exact) mass is 205 g/mol. The summed E-state index contributed by atoms with van der Waals surface area (Å²) in [7, 11) is 0. The second kappa shape index (κ2) is 4.33. The van der Waals surface area contributed by atoms with Crippen LogP contribution in [0.5, 0.6) is 0 Å². The molecule has 0 aliphatic carbocycles. The Labute approximate surface area is 91.3 Å². The lowest BCUT2D eigenvalue weighted by Gasteiger charge is -2.19. The van der Waals surface area contributed by atoms with Crippen molar-refractivity contribution in [3.05, 3.63) is 34.9 Å². The Morgan fingerprint density at radius 3 is 2.47 bits per heavy atom. The van der Waals surface area contributed by atoms with Gasteiger partial charge in [-0.3, -0.25) is 0 Å². The van der Waals surface area contributed by atoms with Crippen LogP contribution in [0, 0.1) is 13.8 Å². The average Bonchev–Trinajstić information content (AvgIpc) is 2.67. The number of nitrogens with one attached hydrogen (secondary N) is 1. The van der Waals surface area contributed by atoms with Crippen molar-refractivity contribution in [3.63, 3.8) is 0 Å². The van der Waals surface area contributed by atoms with Gasteiger partial charge in [-0.05, 0) is 38.8 Å². The van der Waals surface area contributed by atoms with E-state index in [2.05, 4.69) is 37.4 Å². The van der Waals surface area contributed by atoms with E-state index in [-0.39, 0.29) is 12.1 Å². The van der Waals surface area contributed by atoms with E-state index in [4.69, 9.17) is 0 Å². The van der Waals surface area contributed by atoms with Crippen molar-refractivity contribution in [2.24, 2.45) is 0 Å². The number of aliphatic hydroxyl groups is 1. The second-order valence-corrected chi connectivity index (χ2v) is 4.57. The maximum absolute atomic E-state index is 10.2. The van der Waals surface area contributed by atoms with E-state index in [9.17, 15) is 5.11 Å². The molecule has 2 rings (SSSR count). The van der Waals surface area contributed by atoms with Crippen LogP contribution in [-0.2, 0) is 0 Å². The molecule has 1 saturated heterocycles. The van der Waals surface area contributed by atoms with Crippen LogP contribution in [0.4, 0.5) is 0 Å². The van der Waals surface area contributed by atoms with Gasteiger partial charge < -0.3 is 10.4 Å². The number of aryl methyl sites for hydroxylation is 2. The molecule has 1 aromatic carbocycles. The van der Waals surface area contributed by atoms with Gasteiger partial charge in [-0.2, -0.15) is 0 Å². The Bertz CT molecular complexity index is 322. The predicted molar refractivity (Wildman–Crippen MR) is 61.9 cm³/mol. The summed E-state index contributed by atoms with van der Waals surface area (Å²) in [6, 6.07) is 6.54. The molecule has 0 amide bonds. The molecule has 15 heavy (non-hydrogen) atoms. The van der Waals surface area contributed by atoms with Crippen LogP contribution in [0.2, 0.25) is 0 Å². The van der Waals surface area contributed by atoms with E-state index in [0.29, 0.717) is 0 Å². The number of benzene rings is 1. The van der Waals surface area contributed by atoms with Gasteiger partial charge in [-0.15, -0.1) is 0 Å². The Hall–Kier alpha value is -0.860. The minimum atomic E-state index is -0.355. The topological polar surface area (TPSA) is 32.3 Å². The fourth-order valence-electron chi connectivity index (χ4n) is 2.39. The standard InChI is InChI=1S/C13H19NO/c1-9-6-10(2)8-11(7-9)13(15)12-4-3-5-14-12/h6-8,12-15H,3-5H2,1-2H3/t12-,13?/m0/s1. The van der Waals surface area contributed by atoms with Crippen LogP contribution in [0.15, 0.2) is 18.2 Å². The Morgan fingerprint density at radius 2 is 1.93 bits per heavy atom. The van der Waals surface area contributed by atoms with Gasteiger partial charge in [0.1, 0.15) is 0 Å². The molecule has 2 atom stereocenters. The van der Waals surface area contributed by atoms with Crippen molar-refractivity contribution >= 4 is 0 Å². The fourth-order valence-corrected chi connectivity index (χ4v) is 2.39. The normalized spacial score (nSPS) is 23.0.